The Hall–Kier alpha value is -3.16. The van der Waals surface area contributed by atoms with Crippen molar-refractivity contribution in [3.05, 3.63) is 82.1 Å². The van der Waals surface area contributed by atoms with Crippen LogP contribution in [0.15, 0.2) is 54.7 Å². The molecule has 0 bridgehead atoms. The molecule has 1 fully saturated rings. The number of hydrogen-bond donors (Lipinski definition) is 2. The number of aromatic carboxylic acids is 1. The van der Waals surface area contributed by atoms with Crippen molar-refractivity contribution in [3.8, 4) is 5.75 Å². The first-order chi connectivity index (χ1) is 16.0. The Kier molecular flexibility index (Phi) is 7.42. The Morgan fingerprint density at radius 2 is 1.91 bits per heavy atom. The average molecular weight is 467 g/mol. The third-order valence-corrected chi connectivity index (χ3v) is 6.06. The highest BCUT2D eigenvalue weighted by molar-refractivity contribution is 6.30. The predicted octanol–water partition coefficient (Wildman–Crippen LogP) is 4.29. The summed E-state index contributed by atoms with van der Waals surface area (Å²) in [6.45, 7) is 1.76. The van der Waals surface area contributed by atoms with E-state index in [1.54, 1.807) is 0 Å². The van der Waals surface area contributed by atoms with Crippen molar-refractivity contribution in [2.45, 2.75) is 31.7 Å². The first kappa shape index (κ1) is 23.0. The van der Waals surface area contributed by atoms with Crippen molar-refractivity contribution >= 4 is 23.5 Å². The first-order valence-electron chi connectivity index (χ1n) is 11.1. The molecular formula is C25H27ClN4O3. The third-order valence-electron chi connectivity index (χ3n) is 5.81. The van der Waals surface area contributed by atoms with Crippen molar-refractivity contribution in [3.63, 3.8) is 0 Å². The number of hydrogen-bond acceptors (Lipinski definition) is 6. The third kappa shape index (κ3) is 5.61. The first-order valence-corrected chi connectivity index (χ1v) is 11.5. The second-order valence-electron chi connectivity index (χ2n) is 8.02. The molecule has 1 atom stereocenters. The van der Waals surface area contributed by atoms with Gasteiger partial charge in [-0.05, 0) is 61.1 Å². The van der Waals surface area contributed by atoms with Crippen molar-refractivity contribution in [2.24, 2.45) is 5.73 Å². The van der Waals surface area contributed by atoms with Gasteiger partial charge in [0.15, 0.2) is 0 Å². The van der Waals surface area contributed by atoms with Crippen LogP contribution in [0.2, 0.25) is 5.02 Å². The zero-order valence-corrected chi connectivity index (χ0v) is 19.0. The minimum absolute atomic E-state index is 0.142. The molecule has 2 heterocycles. The summed E-state index contributed by atoms with van der Waals surface area (Å²) in [6, 6.07) is 15.7. The molecule has 33 heavy (non-hydrogen) atoms. The molecule has 1 saturated heterocycles. The zero-order chi connectivity index (χ0) is 23.2. The van der Waals surface area contributed by atoms with E-state index in [1.165, 1.54) is 6.20 Å². The highest BCUT2D eigenvalue weighted by atomic mass is 35.5. The van der Waals surface area contributed by atoms with Gasteiger partial charge in [-0.3, -0.25) is 0 Å². The maximum atomic E-state index is 11.8. The van der Waals surface area contributed by atoms with Crippen LogP contribution in [-0.2, 0) is 12.8 Å². The standard InChI is InChI=1S/C25H27ClN4O3/c26-19-8-6-18(7-9-19)23-2-1-14-30(23)25-28-16-21(24(31)32)22(29-25)12-5-17-3-10-20(11-4-17)33-15-13-27/h3-4,6-11,16,23H,1-2,5,12-15,27H2,(H,31,32)/t23-/m1/s1. The van der Waals surface area contributed by atoms with Crippen LogP contribution in [-0.4, -0.2) is 40.7 Å². The molecule has 3 N–H and O–H groups in total. The number of rotatable bonds is 9. The van der Waals surface area contributed by atoms with Crippen LogP contribution in [0.5, 0.6) is 5.75 Å². The number of aromatic nitrogens is 2. The van der Waals surface area contributed by atoms with Crippen molar-refractivity contribution in [1.82, 2.24) is 9.97 Å². The maximum Gasteiger partial charge on any atom is 0.339 e. The van der Waals surface area contributed by atoms with E-state index in [0.717, 1.165) is 36.3 Å². The zero-order valence-electron chi connectivity index (χ0n) is 18.3. The summed E-state index contributed by atoms with van der Waals surface area (Å²) >= 11 is 6.05. The molecule has 0 aliphatic carbocycles. The quantitative estimate of drug-likeness (QED) is 0.485. The highest BCUT2D eigenvalue weighted by Crippen LogP contribution is 2.35. The molecule has 0 spiro atoms. The molecule has 1 aromatic heterocycles. The fraction of sp³-hybridized carbons (Fsp3) is 0.320. The molecule has 0 unspecified atom stereocenters. The van der Waals surface area contributed by atoms with E-state index in [2.05, 4.69) is 9.88 Å². The van der Waals surface area contributed by atoms with Crippen LogP contribution in [0.25, 0.3) is 0 Å². The van der Waals surface area contributed by atoms with E-state index in [-0.39, 0.29) is 11.6 Å². The number of nitrogens with zero attached hydrogens (tertiary/aromatic N) is 3. The number of carboxylic acid groups (broad SMARTS) is 1. The molecule has 0 saturated carbocycles. The lowest BCUT2D eigenvalue weighted by molar-refractivity contribution is 0.0694. The Morgan fingerprint density at radius 1 is 1.15 bits per heavy atom. The molecule has 172 valence electrons. The van der Waals surface area contributed by atoms with Gasteiger partial charge in [-0.1, -0.05) is 35.9 Å². The topological polar surface area (TPSA) is 102 Å². The lowest BCUT2D eigenvalue weighted by Gasteiger charge is -2.25. The van der Waals surface area contributed by atoms with Crippen LogP contribution >= 0.6 is 11.6 Å². The maximum absolute atomic E-state index is 11.8. The molecule has 7 nitrogen and oxygen atoms in total. The number of halogens is 1. The van der Waals surface area contributed by atoms with Gasteiger partial charge in [-0.2, -0.15) is 0 Å². The SMILES string of the molecule is NCCOc1ccc(CCc2nc(N3CCC[C@@H]3c3ccc(Cl)cc3)ncc2C(=O)O)cc1. The van der Waals surface area contributed by atoms with Crippen LogP contribution < -0.4 is 15.4 Å². The Bertz CT molecular complexity index is 1090. The van der Waals surface area contributed by atoms with Crippen LogP contribution in [0.4, 0.5) is 5.95 Å². The van der Waals surface area contributed by atoms with Crippen molar-refractivity contribution < 1.29 is 14.6 Å². The van der Waals surface area contributed by atoms with Crippen LogP contribution in [0.1, 0.15) is 46.1 Å². The number of anilines is 1. The molecule has 1 aliphatic heterocycles. The number of carboxylic acids is 1. The Balaban J connectivity index is 1.53. The predicted molar refractivity (Wildman–Crippen MR) is 128 cm³/mol. The van der Waals surface area contributed by atoms with Gasteiger partial charge in [0.1, 0.15) is 12.4 Å². The van der Waals surface area contributed by atoms with Gasteiger partial charge in [0.05, 0.1) is 17.3 Å². The number of carbonyl (C=O) groups is 1. The molecule has 3 aromatic rings. The van der Waals surface area contributed by atoms with E-state index in [0.29, 0.717) is 42.7 Å². The van der Waals surface area contributed by atoms with Gasteiger partial charge < -0.3 is 20.5 Å². The normalized spacial score (nSPS) is 15.6. The summed E-state index contributed by atoms with van der Waals surface area (Å²) in [7, 11) is 0. The second kappa shape index (κ2) is 10.6. The number of ether oxygens (including phenoxy) is 1. The molecule has 8 heteroatoms. The lowest BCUT2D eigenvalue weighted by atomic mass is 10.0. The molecule has 0 radical (unpaired) electrons. The van der Waals surface area contributed by atoms with Gasteiger partial charge in [0.25, 0.3) is 0 Å². The van der Waals surface area contributed by atoms with Gasteiger partial charge in [0, 0.05) is 24.3 Å². The molecule has 1 aliphatic rings. The number of nitrogens with two attached hydrogens (primary N) is 1. The second-order valence-corrected chi connectivity index (χ2v) is 8.46. The van der Waals surface area contributed by atoms with E-state index in [1.807, 2.05) is 48.5 Å². The van der Waals surface area contributed by atoms with Crippen LogP contribution in [0.3, 0.4) is 0 Å². The van der Waals surface area contributed by atoms with Gasteiger partial charge in [-0.25, -0.2) is 14.8 Å². The minimum Gasteiger partial charge on any atom is -0.492 e. The summed E-state index contributed by atoms with van der Waals surface area (Å²) in [5, 5.41) is 10.4. The molecule has 2 aromatic carbocycles. The van der Waals surface area contributed by atoms with Gasteiger partial charge in [0.2, 0.25) is 5.95 Å². The largest absolute Gasteiger partial charge is 0.492 e. The Morgan fingerprint density at radius 3 is 2.61 bits per heavy atom. The summed E-state index contributed by atoms with van der Waals surface area (Å²) in [5.41, 5.74) is 8.38. The molecule has 0 amide bonds. The van der Waals surface area contributed by atoms with Gasteiger partial charge in [-0.15, -0.1) is 0 Å². The molecular weight excluding hydrogens is 440 g/mol. The van der Waals surface area contributed by atoms with Crippen LogP contribution in [0, 0.1) is 0 Å². The summed E-state index contributed by atoms with van der Waals surface area (Å²) in [5.74, 6) is 0.317. The van der Waals surface area contributed by atoms with E-state index in [9.17, 15) is 9.90 Å². The van der Waals surface area contributed by atoms with E-state index >= 15 is 0 Å². The minimum atomic E-state index is -1.02. The van der Waals surface area contributed by atoms with Crippen molar-refractivity contribution in [1.29, 1.82) is 0 Å². The van der Waals surface area contributed by atoms with Crippen molar-refractivity contribution in [2.75, 3.05) is 24.6 Å². The fourth-order valence-electron chi connectivity index (χ4n) is 4.14. The summed E-state index contributed by atoms with van der Waals surface area (Å²) in [4.78, 5) is 23.1. The summed E-state index contributed by atoms with van der Waals surface area (Å²) < 4.78 is 5.51. The van der Waals surface area contributed by atoms with E-state index in [4.69, 9.17) is 27.1 Å². The lowest BCUT2D eigenvalue weighted by Crippen LogP contribution is -2.25. The average Bonchev–Trinajstić information content (AvgIpc) is 3.32. The number of aryl methyl sites for hydroxylation is 2. The fourth-order valence-corrected chi connectivity index (χ4v) is 4.27. The molecule has 4 rings (SSSR count). The monoisotopic (exact) mass is 466 g/mol. The van der Waals surface area contributed by atoms with Gasteiger partial charge >= 0.3 is 5.97 Å². The highest BCUT2D eigenvalue weighted by Gasteiger charge is 2.29. The number of benzene rings is 2. The summed E-state index contributed by atoms with van der Waals surface area (Å²) in [6.07, 6.45) is 4.60. The Labute approximate surface area is 198 Å². The van der Waals surface area contributed by atoms with E-state index < -0.39 is 5.97 Å². The smallest absolute Gasteiger partial charge is 0.339 e.